The molecule has 1 radical (unpaired) electrons. The molecule has 4 heteroatoms. The molecule has 1 atom stereocenters. The van der Waals surface area contributed by atoms with Crippen molar-refractivity contribution in [2.24, 2.45) is 4.99 Å². The first kappa shape index (κ1) is 9.37. The van der Waals surface area contributed by atoms with Gasteiger partial charge in [-0.05, 0) is 6.04 Å². The van der Waals surface area contributed by atoms with E-state index in [1.807, 2.05) is 6.92 Å². The summed E-state index contributed by atoms with van der Waals surface area (Å²) in [5.41, 5.74) is 0. The minimum absolute atomic E-state index is 0. The van der Waals surface area contributed by atoms with E-state index in [1.54, 1.807) is 7.05 Å². The van der Waals surface area contributed by atoms with E-state index in [4.69, 9.17) is 4.74 Å². The van der Waals surface area contributed by atoms with Crippen molar-refractivity contribution in [2.75, 3.05) is 13.7 Å². The maximum atomic E-state index is 5.00. The van der Waals surface area contributed by atoms with E-state index >= 15 is 0 Å². The Kier molecular flexibility index (Phi) is 4.41. The normalized spacial score (nSPS) is 23.8. The minimum Gasteiger partial charge on any atom is -0.501 e. The van der Waals surface area contributed by atoms with Crippen molar-refractivity contribution < 1.29 is 37.4 Å². The first-order valence-electron chi connectivity index (χ1n) is 2.63. The van der Waals surface area contributed by atoms with Gasteiger partial charge >= 0.3 is 0 Å². The van der Waals surface area contributed by atoms with Crippen molar-refractivity contribution >= 4 is 6.02 Å². The van der Waals surface area contributed by atoms with Gasteiger partial charge < -0.3 is 15.0 Å². The van der Waals surface area contributed by atoms with Gasteiger partial charge in [0.05, 0.1) is 12.6 Å². The van der Waals surface area contributed by atoms with Crippen molar-refractivity contribution in [3.63, 3.8) is 0 Å². The van der Waals surface area contributed by atoms with Crippen molar-refractivity contribution in [3.05, 3.63) is 5.32 Å². The van der Waals surface area contributed by atoms with Crippen LogP contribution in [0, 0.1) is 0 Å². The number of rotatable bonds is 0. The smallest absolute Gasteiger partial charge is 0.0932 e. The van der Waals surface area contributed by atoms with Crippen LogP contribution in [0.15, 0.2) is 4.99 Å². The second-order valence-corrected chi connectivity index (χ2v) is 1.80. The SMILES string of the molecule is C[N-]C1=NC(C)CO1.[Y]. The van der Waals surface area contributed by atoms with Gasteiger partial charge in [0.15, 0.2) is 0 Å². The Morgan fingerprint density at radius 1 is 1.78 bits per heavy atom. The summed E-state index contributed by atoms with van der Waals surface area (Å²) >= 11 is 0. The summed E-state index contributed by atoms with van der Waals surface area (Å²) in [5, 5.41) is 3.77. The summed E-state index contributed by atoms with van der Waals surface area (Å²) in [6, 6.07) is 0.839. The topological polar surface area (TPSA) is 35.7 Å². The van der Waals surface area contributed by atoms with E-state index < -0.39 is 0 Å². The van der Waals surface area contributed by atoms with Crippen LogP contribution in [0.25, 0.3) is 5.32 Å². The van der Waals surface area contributed by atoms with E-state index in [0.29, 0.717) is 18.7 Å². The van der Waals surface area contributed by atoms with E-state index in [9.17, 15) is 0 Å². The number of hydrogen-bond acceptors (Lipinski definition) is 2. The third-order valence-electron chi connectivity index (χ3n) is 0.976. The summed E-state index contributed by atoms with van der Waals surface area (Å²) < 4.78 is 5.00. The number of hydrogen-bond donors (Lipinski definition) is 0. The third kappa shape index (κ3) is 2.63. The van der Waals surface area contributed by atoms with Crippen LogP contribution in [0.2, 0.25) is 0 Å². The van der Waals surface area contributed by atoms with E-state index in [2.05, 4.69) is 10.3 Å². The average Bonchev–Trinajstić information content (AvgIpc) is 2.14. The molecule has 0 aromatic carbocycles. The molecule has 0 fully saturated rings. The van der Waals surface area contributed by atoms with Crippen molar-refractivity contribution in [3.8, 4) is 0 Å². The zero-order valence-corrected chi connectivity index (χ0v) is 8.50. The maximum Gasteiger partial charge on any atom is 0.0932 e. The van der Waals surface area contributed by atoms with Gasteiger partial charge in [0, 0.05) is 32.7 Å². The van der Waals surface area contributed by atoms with Gasteiger partial charge in [-0.3, -0.25) is 0 Å². The molecule has 0 spiro atoms. The molecular formula is C5H9N2OY-. The van der Waals surface area contributed by atoms with Crippen LogP contribution >= 0.6 is 0 Å². The zero-order valence-electron chi connectivity index (χ0n) is 5.66. The molecule has 49 valence electrons. The minimum atomic E-state index is 0. The molecule has 1 aliphatic heterocycles. The van der Waals surface area contributed by atoms with Crippen LogP contribution in [-0.4, -0.2) is 25.7 Å². The Hall–Kier alpha value is 0.374. The maximum absolute atomic E-state index is 5.00. The third-order valence-corrected chi connectivity index (χ3v) is 0.976. The summed E-state index contributed by atoms with van der Waals surface area (Å²) in [6.07, 6.45) is 0. The van der Waals surface area contributed by atoms with Crippen molar-refractivity contribution in [1.29, 1.82) is 0 Å². The quantitative estimate of drug-likeness (QED) is 0.571. The molecule has 1 heterocycles. The van der Waals surface area contributed by atoms with Gasteiger partial charge in [-0.2, -0.15) is 0 Å². The van der Waals surface area contributed by atoms with Gasteiger partial charge in [0.25, 0.3) is 0 Å². The number of amidine groups is 1. The Balaban J connectivity index is 0.000000640. The van der Waals surface area contributed by atoms with Crippen molar-refractivity contribution in [2.45, 2.75) is 13.0 Å². The monoisotopic (exact) mass is 202 g/mol. The van der Waals surface area contributed by atoms with E-state index in [0.717, 1.165) is 0 Å². The molecule has 0 N–H and O–H groups in total. The average molecular weight is 202 g/mol. The Bertz CT molecular complexity index is 116. The van der Waals surface area contributed by atoms with Gasteiger partial charge in [-0.15, -0.1) is 0 Å². The van der Waals surface area contributed by atoms with E-state index in [1.165, 1.54) is 0 Å². The fourth-order valence-corrected chi connectivity index (χ4v) is 0.580. The number of aliphatic imine (C=N–C) groups is 1. The Morgan fingerprint density at radius 2 is 2.44 bits per heavy atom. The second kappa shape index (κ2) is 4.23. The summed E-state index contributed by atoms with van der Waals surface area (Å²) in [5.74, 6) is 0. The van der Waals surface area contributed by atoms with Gasteiger partial charge in [-0.25, -0.2) is 0 Å². The summed E-state index contributed by atoms with van der Waals surface area (Å²) in [7, 11) is 1.68. The van der Waals surface area contributed by atoms with Crippen LogP contribution < -0.4 is 0 Å². The number of nitrogens with zero attached hydrogens (tertiary/aromatic N) is 2. The van der Waals surface area contributed by atoms with Crippen LogP contribution in [0.5, 0.6) is 0 Å². The number of ether oxygens (including phenoxy) is 1. The molecule has 1 rings (SSSR count). The first-order valence-corrected chi connectivity index (χ1v) is 2.63. The molecule has 3 nitrogen and oxygen atoms in total. The molecule has 9 heavy (non-hydrogen) atoms. The largest absolute Gasteiger partial charge is 0.501 e. The molecule has 0 aromatic heterocycles. The molecule has 0 saturated heterocycles. The molecule has 0 amide bonds. The van der Waals surface area contributed by atoms with Crippen molar-refractivity contribution in [1.82, 2.24) is 0 Å². The molecule has 0 aliphatic carbocycles. The van der Waals surface area contributed by atoms with E-state index in [-0.39, 0.29) is 32.7 Å². The zero-order chi connectivity index (χ0) is 5.98. The van der Waals surface area contributed by atoms with Crippen LogP contribution in [0.4, 0.5) is 0 Å². The molecule has 0 bridgehead atoms. The predicted octanol–water partition coefficient (Wildman–Crippen LogP) is 0.762. The Labute approximate surface area is 80.1 Å². The fraction of sp³-hybridized carbons (Fsp3) is 0.800. The Morgan fingerprint density at radius 3 is 2.67 bits per heavy atom. The van der Waals surface area contributed by atoms with Gasteiger partial charge in [0.1, 0.15) is 0 Å². The standard InChI is InChI=1S/C5H9N2O.Y/c1-4-3-8-5(6-2)7-4;/h4H,3H2,1-2H3;/q-1;. The summed E-state index contributed by atoms with van der Waals surface area (Å²) in [4.78, 5) is 4.03. The first-order chi connectivity index (χ1) is 3.83. The van der Waals surface area contributed by atoms with Crippen LogP contribution in [-0.2, 0) is 37.4 Å². The molecule has 0 saturated carbocycles. The van der Waals surface area contributed by atoms with Gasteiger partial charge in [-0.1, -0.05) is 14.0 Å². The molecule has 0 aromatic rings. The second-order valence-electron chi connectivity index (χ2n) is 1.80. The molecule has 1 unspecified atom stereocenters. The van der Waals surface area contributed by atoms with Crippen LogP contribution in [0.3, 0.4) is 0 Å². The van der Waals surface area contributed by atoms with Crippen LogP contribution in [0.1, 0.15) is 6.92 Å². The predicted molar refractivity (Wildman–Crippen MR) is 32.1 cm³/mol. The fourth-order valence-electron chi connectivity index (χ4n) is 0.580. The molecule has 1 aliphatic rings. The van der Waals surface area contributed by atoms with Gasteiger partial charge in [0.2, 0.25) is 0 Å². The summed E-state index contributed by atoms with van der Waals surface area (Å²) in [6.45, 7) is 2.69. The molecular weight excluding hydrogens is 193 g/mol.